The van der Waals surface area contributed by atoms with Gasteiger partial charge in [-0.2, -0.15) is 20.2 Å². The molecule has 7 aromatic rings. The molecule has 366 valence electrons. The molecule has 1 aliphatic carbocycles. The molecule has 8 rings (SSSR count). The quantitative estimate of drug-likeness (QED) is 0.119. The third-order valence-electron chi connectivity index (χ3n) is 12.8. The van der Waals surface area contributed by atoms with Gasteiger partial charge in [0.15, 0.2) is 0 Å². The Morgan fingerprint density at radius 1 is 0.700 bits per heavy atom. The van der Waals surface area contributed by atoms with Crippen molar-refractivity contribution in [2.75, 3.05) is 13.7 Å². The highest BCUT2D eigenvalue weighted by Crippen LogP contribution is 2.29. The average Bonchev–Trinajstić information content (AvgIpc) is 3.83. The molecule has 0 unspecified atom stereocenters. The fraction of sp³-hybridized carbons (Fsp3) is 0.380. The highest BCUT2D eigenvalue weighted by molar-refractivity contribution is 5.98. The number of nitrogens with zero attached hydrogens (tertiary/aromatic N) is 11. The van der Waals surface area contributed by atoms with Gasteiger partial charge in [0.1, 0.15) is 23.7 Å². The Balaban J connectivity index is 1.18. The molecule has 1 aliphatic rings. The van der Waals surface area contributed by atoms with Crippen molar-refractivity contribution in [1.29, 1.82) is 0 Å². The summed E-state index contributed by atoms with van der Waals surface area (Å²) < 4.78 is 22.5. The predicted molar refractivity (Wildman–Crippen MR) is 259 cm³/mol. The Hall–Kier alpha value is -7.87. The zero-order valence-corrected chi connectivity index (χ0v) is 40.6. The number of benzene rings is 3. The van der Waals surface area contributed by atoms with E-state index in [0.717, 1.165) is 24.2 Å². The summed E-state index contributed by atoms with van der Waals surface area (Å²) in [6.07, 6.45) is 1.85. The van der Waals surface area contributed by atoms with E-state index in [2.05, 4.69) is 20.2 Å². The number of ether oxygens (including phenoxy) is 2. The molecular formula is C50H59N13O7. The molecule has 20 nitrogen and oxygen atoms in total. The van der Waals surface area contributed by atoms with Crippen LogP contribution in [0, 0.1) is 13.8 Å². The number of aromatic nitrogens is 8. The maximum atomic E-state index is 14.2. The van der Waals surface area contributed by atoms with Crippen molar-refractivity contribution >= 4 is 51.6 Å². The molecule has 4 N–H and O–H groups in total. The lowest BCUT2D eigenvalue weighted by atomic mass is 10.1. The van der Waals surface area contributed by atoms with Gasteiger partial charge >= 0.3 is 0 Å². The summed E-state index contributed by atoms with van der Waals surface area (Å²) in [7, 11) is 5.14. The van der Waals surface area contributed by atoms with Crippen LogP contribution in [0.2, 0.25) is 0 Å². The molecule has 0 aliphatic heterocycles. The lowest BCUT2D eigenvalue weighted by molar-refractivity contribution is -0.139. The minimum atomic E-state index is -0.604. The predicted octanol–water partition coefficient (Wildman–Crippen LogP) is 4.07. The van der Waals surface area contributed by atoms with Crippen LogP contribution in [-0.2, 0) is 56.4 Å². The van der Waals surface area contributed by atoms with Gasteiger partial charge in [-0.15, -0.1) is 0 Å². The molecule has 4 aromatic heterocycles. The maximum Gasteiger partial charge on any atom is 0.298 e. The first-order valence-corrected chi connectivity index (χ1v) is 23.4. The minimum Gasteiger partial charge on any atom is -0.497 e. The Kier molecular flexibility index (Phi) is 14.1. The molecule has 3 aromatic carbocycles. The van der Waals surface area contributed by atoms with Gasteiger partial charge in [-0.1, -0.05) is 12.1 Å². The van der Waals surface area contributed by atoms with Crippen LogP contribution in [0.1, 0.15) is 98.2 Å². The summed E-state index contributed by atoms with van der Waals surface area (Å²) in [6.45, 7) is 9.06. The summed E-state index contributed by atoms with van der Waals surface area (Å²) in [5, 5.41) is 8.90. The smallest absolute Gasteiger partial charge is 0.298 e. The lowest BCUT2D eigenvalue weighted by Crippen LogP contribution is -2.37. The molecule has 0 bridgehead atoms. The number of methoxy groups -OCH3 is 1. The van der Waals surface area contributed by atoms with Crippen LogP contribution in [-0.4, -0.2) is 98.1 Å². The molecule has 5 amide bonds. The fourth-order valence-electron chi connectivity index (χ4n) is 8.93. The van der Waals surface area contributed by atoms with Crippen molar-refractivity contribution in [3.8, 4) is 5.75 Å². The number of fused-ring (bicyclic) bond motifs is 2. The molecule has 0 atom stereocenters. The van der Waals surface area contributed by atoms with Crippen molar-refractivity contribution in [2.45, 2.75) is 98.2 Å². The first-order valence-electron chi connectivity index (χ1n) is 23.4. The molecule has 20 heteroatoms. The van der Waals surface area contributed by atoms with E-state index >= 15 is 0 Å². The molecule has 0 spiro atoms. The molecule has 70 heavy (non-hydrogen) atoms. The average molecular weight is 954 g/mol. The number of carbonyl (C=O) groups excluding carboxylic acids is 5. The van der Waals surface area contributed by atoms with Crippen molar-refractivity contribution in [1.82, 2.24) is 42.7 Å². The van der Waals surface area contributed by atoms with Crippen LogP contribution >= 0.6 is 0 Å². The van der Waals surface area contributed by atoms with E-state index in [9.17, 15) is 24.0 Å². The number of aryl methyl sites for hydroxylation is 8. The standard InChI is InChI=1S/C50H59N13O7/c1-8-62-42(24-30(3)55-62)47(67)53-49-57(5)40-26-33(45(51)65)12-18-38(40)59(49)22-20-37(70-29-44(64)61(35-14-15-35)28-32-10-16-36(69-7)17-11-32)21-23-60-39-19-13-34(46(52)66)27-41(39)58(6)50(60)54-48(68)43-25-31(4)56-63(43)9-2/h10-13,16-19,24-27,35,37H,8-9,14-15,20-23,28-29H2,1-7H3,(H2,51,65)(H2,52,66). The fourth-order valence-corrected chi connectivity index (χ4v) is 8.93. The van der Waals surface area contributed by atoms with Gasteiger partial charge < -0.3 is 44.1 Å². The minimum absolute atomic E-state index is 0.0914. The van der Waals surface area contributed by atoms with Gasteiger partial charge in [0.05, 0.1) is 46.7 Å². The van der Waals surface area contributed by atoms with Crippen LogP contribution < -0.4 is 27.4 Å². The van der Waals surface area contributed by atoms with Gasteiger partial charge in [-0.05, 0) is 120 Å². The van der Waals surface area contributed by atoms with Crippen LogP contribution in [0.3, 0.4) is 0 Å². The number of carbonyl (C=O) groups is 5. The molecule has 4 heterocycles. The highest BCUT2D eigenvalue weighted by atomic mass is 16.5. The van der Waals surface area contributed by atoms with E-state index in [4.69, 9.17) is 20.9 Å². The Morgan fingerprint density at radius 3 is 1.59 bits per heavy atom. The topological polar surface area (TPSA) is 239 Å². The second kappa shape index (κ2) is 20.4. The summed E-state index contributed by atoms with van der Waals surface area (Å²) >= 11 is 0. The number of primary amides is 2. The monoisotopic (exact) mass is 953 g/mol. The van der Waals surface area contributed by atoms with E-state index in [1.807, 2.05) is 66.0 Å². The second-order valence-corrected chi connectivity index (χ2v) is 17.6. The van der Waals surface area contributed by atoms with Gasteiger partial charge in [0.25, 0.3) is 11.8 Å². The van der Waals surface area contributed by atoms with Crippen molar-refractivity contribution in [3.63, 3.8) is 0 Å². The Morgan fingerprint density at radius 2 is 1.17 bits per heavy atom. The normalized spacial score (nSPS) is 13.6. The molecule has 0 saturated heterocycles. The number of hydrogen-bond donors (Lipinski definition) is 2. The maximum absolute atomic E-state index is 14.2. The van der Waals surface area contributed by atoms with Gasteiger partial charge in [-0.3, -0.25) is 33.3 Å². The summed E-state index contributed by atoms with van der Waals surface area (Å²) in [5.41, 5.74) is 18.2. The number of hydrogen-bond acceptors (Lipinski definition) is 9. The summed E-state index contributed by atoms with van der Waals surface area (Å²) in [6, 6.07) is 21.3. The van der Waals surface area contributed by atoms with E-state index < -0.39 is 29.7 Å². The molecule has 1 fully saturated rings. The van der Waals surface area contributed by atoms with E-state index in [1.54, 1.807) is 88.2 Å². The molecular weight excluding hydrogens is 895 g/mol. The number of amides is 5. The zero-order chi connectivity index (χ0) is 50.0. The first kappa shape index (κ1) is 48.6. The largest absolute Gasteiger partial charge is 0.497 e. The van der Waals surface area contributed by atoms with Crippen LogP contribution in [0.15, 0.2) is 82.8 Å². The third kappa shape index (κ3) is 10.1. The number of rotatable bonds is 19. The second-order valence-electron chi connectivity index (χ2n) is 17.6. The zero-order valence-electron chi connectivity index (χ0n) is 40.6. The number of nitrogens with two attached hydrogens (primary N) is 2. The van der Waals surface area contributed by atoms with Gasteiger partial charge in [0, 0.05) is 64.0 Å². The van der Waals surface area contributed by atoms with Gasteiger partial charge in [-0.25, -0.2) is 0 Å². The van der Waals surface area contributed by atoms with Crippen LogP contribution in [0.25, 0.3) is 22.1 Å². The molecule has 0 radical (unpaired) electrons. The van der Waals surface area contributed by atoms with Crippen molar-refractivity contribution < 1.29 is 33.4 Å². The van der Waals surface area contributed by atoms with E-state index in [1.165, 1.54) is 0 Å². The van der Waals surface area contributed by atoms with Crippen molar-refractivity contribution in [2.24, 2.45) is 35.5 Å². The lowest BCUT2D eigenvalue weighted by Gasteiger charge is -2.25. The summed E-state index contributed by atoms with van der Waals surface area (Å²) in [4.78, 5) is 78.0. The van der Waals surface area contributed by atoms with E-state index in [-0.39, 0.29) is 42.8 Å². The Labute approximate surface area is 403 Å². The van der Waals surface area contributed by atoms with Gasteiger partial charge in [0.2, 0.25) is 29.0 Å². The summed E-state index contributed by atoms with van der Waals surface area (Å²) in [5.74, 6) is -1.64. The third-order valence-corrected chi connectivity index (χ3v) is 12.8. The van der Waals surface area contributed by atoms with E-state index in [0.29, 0.717) is 88.6 Å². The van der Waals surface area contributed by atoms with Crippen LogP contribution in [0.5, 0.6) is 5.75 Å². The number of imidazole rings is 2. The van der Waals surface area contributed by atoms with Crippen molar-refractivity contribution in [3.05, 3.63) is 123 Å². The highest BCUT2D eigenvalue weighted by Gasteiger charge is 2.33. The SMILES string of the molecule is CCn1nc(C)cc1C(=O)N=c1n(C)c2cc(C(N)=O)ccc2n1CCC(CCn1c(=NC(=O)c2cc(C)nn2CC)n(C)c2cc(C(N)=O)ccc21)OCC(=O)N(Cc1ccc(OC)cc1)C1CC1. The van der Waals surface area contributed by atoms with Crippen LogP contribution in [0.4, 0.5) is 0 Å². The Bertz CT molecular complexity index is 3130. The molecule has 1 saturated carbocycles. The first-order chi connectivity index (χ1) is 33.6.